The lowest BCUT2D eigenvalue weighted by Gasteiger charge is -2.11. The summed E-state index contributed by atoms with van der Waals surface area (Å²) < 4.78 is 0. The standard InChI is InChI=1S/C6H8NO2/c8-6(9)5-3-1-2-4-7-5/h1,3,7H,2,4H2,(H,8,9). The zero-order valence-electron chi connectivity index (χ0n) is 4.92. The van der Waals surface area contributed by atoms with Gasteiger partial charge in [-0.3, -0.25) is 5.32 Å². The fourth-order valence-electron chi connectivity index (χ4n) is 0.697. The summed E-state index contributed by atoms with van der Waals surface area (Å²) in [6, 6.07) is 0.293. The lowest BCUT2D eigenvalue weighted by atomic mass is 10.2. The van der Waals surface area contributed by atoms with E-state index in [1.54, 1.807) is 6.08 Å². The quantitative estimate of drug-likeness (QED) is 0.526. The lowest BCUT2D eigenvalue weighted by Crippen LogP contribution is -2.29. The maximum atomic E-state index is 10.2. The molecule has 3 nitrogen and oxygen atoms in total. The van der Waals surface area contributed by atoms with Crippen molar-refractivity contribution in [3.63, 3.8) is 0 Å². The van der Waals surface area contributed by atoms with Crippen LogP contribution in [0.15, 0.2) is 12.2 Å². The average Bonchev–Trinajstić information content (AvgIpc) is 1.90. The first-order valence-electron chi connectivity index (χ1n) is 2.81. The second-order valence-electron chi connectivity index (χ2n) is 1.84. The topological polar surface area (TPSA) is 49.3 Å². The molecule has 9 heavy (non-hydrogen) atoms. The predicted octanol–water partition coefficient (Wildman–Crippen LogP) is 0.152. The van der Waals surface area contributed by atoms with Gasteiger partial charge >= 0.3 is 5.97 Å². The van der Waals surface area contributed by atoms with Crippen LogP contribution in [-0.4, -0.2) is 17.6 Å². The zero-order valence-corrected chi connectivity index (χ0v) is 4.92. The molecule has 0 aromatic carbocycles. The smallest absolute Gasteiger partial charge is 0.330 e. The highest BCUT2D eigenvalue weighted by molar-refractivity contribution is 5.85. The van der Waals surface area contributed by atoms with Gasteiger partial charge in [-0.2, -0.15) is 0 Å². The Bertz CT molecular complexity index is 142. The van der Waals surface area contributed by atoms with Gasteiger partial charge in [0, 0.05) is 6.54 Å². The van der Waals surface area contributed by atoms with Gasteiger partial charge in [0.2, 0.25) is 0 Å². The molecule has 1 rings (SSSR count). The van der Waals surface area contributed by atoms with Crippen molar-refractivity contribution in [1.82, 2.24) is 5.32 Å². The van der Waals surface area contributed by atoms with Crippen LogP contribution in [-0.2, 0) is 4.79 Å². The van der Waals surface area contributed by atoms with Crippen molar-refractivity contribution in [2.24, 2.45) is 0 Å². The highest BCUT2D eigenvalue weighted by Crippen LogP contribution is 2.03. The summed E-state index contributed by atoms with van der Waals surface area (Å²) in [6.07, 6.45) is 4.35. The van der Waals surface area contributed by atoms with Crippen molar-refractivity contribution in [2.45, 2.75) is 6.42 Å². The molecule has 3 heteroatoms. The minimum atomic E-state index is -0.883. The summed E-state index contributed by atoms with van der Waals surface area (Å²) in [7, 11) is 0. The van der Waals surface area contributed by atoms with E-state index >= 15 is 0 Å². The van der Waals surface area contributed by atoms with E-state index in [1.807, 2.05) is 6.08 Å². The number of carboxylic acids is 1. The number of nitrogens with one attached hydrogen (secondary N) is 1. The molecule has 2 N–H and O–H groups in total. The molecule has 0 saturated carbocycles. The van der Waals surface area contributed by atoms with Crippen LogP contribution in [0.3, 0.4) is 0 Å². The van der Waals surface area contributed by atoms with Crippen LogP contribution < -0.4 is 5.32 Å². The highest BCUT2D eigenvalue weighted by Gasteiger charge is 2.15. The minimum Gasteiger partial charge on any atom is -0.480 e. The largest absolute Gasteiger partial charge is 0.480 e. The highest BCUT2D eigenvalue weighted by atomic mass is 16.4. The van der Waals surface area contributed by atoms with E-state index in [4.69, 9.17) is 5.11 Å². The molecule has 0 aromatic heterocycles. The molecule has 0 aliphatic carbocycles. The van der Waals surface area contributed by atoms with E-state index in [0.29, 0.717) is 6.04 Å². The zero-order chi connectivity index (χ0) is 6.69. The van der Waals surface area contributed by atoms with Crippen molar-refractivity contribution in [1.29, 1.82) is 0 Å². The number of carbonyl (C=O) groups is 1. The molecule has 1 heterocycles. The third-order valence-electron chi connectivity index (χ3n) is 1.14. The van der Waals surface area contributed by atoms with Gasteiger partial charge in [0.15, 0.2) is 6.04 Å². The summed E-state index contributed by atoms with van der Waals surface area (Å²) in [5.74, 6) is -0.883. The fourth-order valence-corrected chi connectivity index (χ4v) is 0.697. The molecule has 1 radical (unpaired) electrons. The average molecular weight is 126 g/mol. The van der Waals surface area contributed by atoms with Crippen LogP contribution >= 0.6 is 0 Å². The van der Waals surface area contributed by atoms with Gasteiger partial charge in [0.1, 0.15) is 0 Å². The maximum absolute atomic E-state index is 10.2. The first-order chi connectivity index (χ1) is 4.30. The van der Waals surface area contributed by atoms with Crippen LogP contribution in [0.4, 0.5) is 0 Å². The number of hydrogen-bond donors (Lipinski definition) is 2. The molecule has 0 atom stereocenters. The van der Waals surface area contributed by atoms with Crippen LogP contribution in [0.5, 0.6) is 0 Å². The Balaban J connectivity index is 2.50. The predicted molar refractivity (Wildman–Crippen MR) is 32.6 cm³/mol. The van der Waals surface area contributed by atoms with E-state index in [9.17, 15) is 4.79 Å². The normalized spacial score (nSPS) is 20.0. The third-order valence-corrected chi connectivity index (χ3v) is 1.14. The first kappa shape index (κ1) is 6.29. The Morgan fingerprint density at radius 2 is 2.56 bits per heavy atom. The molecular weight excluding hydrogens is 118 g/mol. The number of rotatable bonds is 1. The van der Waals surface area contributed by atoms with Crippen LogP contribution in [0.25, 0.3) is 0 Å². The van der Waals surface area contributed by atoms with Crippen molar-refractivity contribution >= 4 is 5.97 Å². The molecule has 0 amide bonds. The van der Waals surface area contributed by atoms with Crippen LogP contribution in [0.2, 0.25) is 0 Å². The molecule has 0 unspecified atom stereocenters. The van der Waals surface area contributed by atoms with Crippen molar-refractivity contribution in [3.05, 3.63) is 18.2 Å². The van der Waals surface area contributed by atoms with Gasteiger partial charge in [0.25, 0.3) is 0 Å². The van der Waals surface area contributed by atoms with Crippen molar-refractivity contribution < 1.29 is 9.90 Å². The lowest BCUT2D eigenvalue weighted by molar-refractivity contribution is -0.134. The van der Waals surface area contributed by atoms with Gasteiger partial charge in [-0.1, -0.05) is 12.2 Å². The Labute approximate surface area is 53.4 Å². The van der Waals surface area contributed by atoms with Crippen molar-refractivity contribution in [2.75, 3.05) is 6.54 Å². The first-order valence-corrected chi connectivity index (χ1v) is 2.81. The van der Waals surface area contributed by atoms with E-state index < -0.39 is 5.97 Å². The molecule has 0 fully saturated rings. The minimum absolute atomic E-state index is 0.293. The molecule has 0 spiro atoms. The third kappa shape index (κ3) is 1.54. The molecular formula is C6H8NO2. The van der Waals surface area contributed by atoms with Gasteiger partial charge in [0.05, 0.1) is 0 Å². The monoisotopic (exact) mass is 126 g/mol. The molecule has 49 valence electrons. The Morgan fingerprint density at radius 3 is 2.89 bits per heavy atom. The van der Waals surface area contributed by atoms with Gasteiger partial charge in [-0.05, 0) is 6.42 Å². The molecule has 0 aromatic rings. The van der Waals surface area contributed by atoms with Crippen molar-refractivity contribution in [3.8, 4) is 0 Å². The second-order valence-corrected chi connectivity index (χ2v) is 1.84. The molecule has 0 bridgehead atoms. The second kappa shape index (κ2) is 2.64. The van der Waals surface area contributed by atoms with E-state index in [0.717, 1.165) is 13.0 Å². The van der Waals surface area contributed by atoms with E-state index in [1.165, 1.54) is 0 Å². The van der Waals surface area contributed by atoms with Gasteiger partial charge in [-0.15, -0.1) is 0 Å². The maximum Gasteiger partial charge on any atom is 0.330 e. The van der Waals surface area contributed by atoms with Crippen LogP contribution in [0, 0.1) is 6.04 Å². The van der Waals surface area contributed by atoms with Gasteiger partial charge < -0.3 is 5.11 Å². The number of hydrogen-bond acceptors (Lipinski definition) is 2. The Kier molecular flexibility index (Phi) is 1.85. The van der Waals surface area contributed by atoms with E-state index in [2.05, 4.69) is 5.32 Å². The molecule has 1 aliphatic heterocycles. The molecule has 1 aliphatic rings. The van der Waals surface area contributed by atoms with E-state index in [-0.39, 0.29) is 0 Å². The molecule has 0 saturated heterocycles. The number of aliphatic carboxylic acids is 1. The fraction of sp³-hybridized carbons (Fsp3) is 0.333. The summed E-state index contributed by atoms with van der Waals surface area (Å²) in [4.78, 5) is 10.2. The van der Waals surface area contributed by atoms with Crippen LogP contribution in [0.1, 0.15) is 6.42 Å². The Hall–Kier alpha value is -0.830. The summed E-state index contributed by atoms with van der Waals surface area (Å²) >= 11 is 0. The van der Waals surface area contributed by atoms with Gasteiger partial charge in [-0.25, -0.2) is 4.79 Å². The SMILES string of the molecule is O=C(O)[C]1C=CCCN1. The Morgan fingerprint density at radius 1 is 1.78 bits per heavy atom. The summed E-state index contributed by atoms with van der Waals surface area (Å²) in [5.41, 5.74) is 0. The summed E-state index contributed by atoms with van der Waals surface area (Å²) in [5, 5.41) is 11.1. The number of carboxylic acid groups (broad SMARTS) is 1. The summed E-state index contributed by atoms with van der Waals surface area (Å²) in [6.45, 7) is 0.734.